The van der Waals surface area contributed by atoms with Crippen LogP contribution in [0.5, 0.6) is 0 Å². The van der Waals surface area contributed by atoms with Gasteiger partial charge in [-0.25, -0.2) is 17.9 Å². The van der Waals surface area contributed by atoms with Crippen molar-refractivity contribution in [2.24, 2.45) is 0 Å². The molecule has 2 aromatic heterocycles. The molecule has 1 N–H and O–H groups in total. The second-order valence-corrected chi connectivity index (χ2v) is 8.63. The maximum atomic E-state index is 12.7. The number of pyridine rings is 1. The molecule has 10 nitrogen and oxygen atoms in total. The van der Waals surface area contributed by atoms with Crippen molar-refractivity contribution in [2.75, 3.05) is 4.72 Å². The van der Waals surface area contributed by atoms with Gasteiger partial charge in [-0.15, -0.1) is 5.10 Å². The Morgan fingerprint density at radius 3 is 2.65 bits per heavy atom. The molecule has 12 heteroatoms. The Kier molecular flexibility index (Phi) is 5.21. The molecule has 4 aromatic rings. The van der Waals surface area contributed by atoms with E-state index in [1.807, 2.05) is 0 Å². The summed E-state index contributed by atoms with van der Waals surface area (Å²) in [7, 11) is -4.11. The monoisotopic (exact) mass is 459 g/mol. The molecule has 0 unspecified atom stereocenters. The molecule has 0 bridgehead atoms. The number of hydrogen-bond acceptors (Lipinski definition) is 6. The first-order chi connectivity index (χ1) is 14.7. The van der Waals surface area contributed by atoms with Crippen LogP contribution in [0, 0.1) is 10.1 Å². The fourth-order valence-corrected chi connectivity index (χ4v) is 4.25. The van der Waals surface area contributed by atoms with E-state index < -0.39 is 20.6 Å². The third-order valence-corrected chi connectivity index (χ3v) is 6.12. The minimum atomic E-state index is -4.11. The number of sulfonamides is 1. The molecule has 31 heavy (non-hydrogen) atoms. The van der Waals surface area contributed by atoms with E-state index in [2.05, 4.69) is 9.82 Å². The first-order valence-electron chi connectivity index (χ1n) is 8.84. The highest BCUT2D eigenvalue weighted by molar-refractivity contribution is 7.92. The number of rotatable bonds is 6. The number of halogens is 1. The number of hydrogen-bond donors (Lipinski definition) is 1. The van der Waals surface area contributed by atoms with Crippen molar-refractivity contribution in [1.29, 1.82) is 0 Å². The minimum absolute atomic E-state index is 0.127. The van der Waals surface area contributed by atoms with E-state index in [0.717, 1.165) is 12.1 Å². The molecule has 0 saturated heterocycles. The van der Waals surface area contributed by atoms with E-state index in [4.69, 9.17) is 11.6 Å². The highest BCUT2D eigenvalue weighted by atomic mass is 35.5. The molecule has 0 amide bonds. The van der Waals surface area contributed by atoms with E-state index >= 15 is 0 Å². The van der Waals surface area contributed by atoms with Gasteiger partial charge in [0.1, 0.15) is 5.02 Å². The second-order valence-electron chi connectivity index (χ2n) is 6.55. The number of anilines is 1. The lowest BCUT2D eigenvalue weighted by Crippen LogP contribution is -2.21. The van der Waals surface area contributed by atoms with Crippen LogP contribution >= 0.6 is 11.6 Å². The van der Waals surface area contributed by atoms with Crippen LogP contribution in [-0.4, -0.2) is 27.5 Å². The van der Waals surface area contributed by atoms with Gasteiger partial charge in [0.2, 0.25) is 0 Å². The van der Waals surface area contributed by atoms with Crippen LogP contribution in [0.25, 0.3) is 5.65 Å². The van der Waals surface area contributed by atoms with Crippen LogP contribution in [0.1, 0.15) is 5.56 Å². The Hall–Kier alpha value is -3.70. The van der Waals surface area contributed by atoms with Gasteiger partial charge in [-0.3, -0.25) is 19.2 Å². The maximum Gasteiger partial charge on any atom is 0.350 e. The van der Waals surface area contributed by atoms with Gasteiger partial charge in [0.15, 0.2) is 5.65 Å². The molecule has 0 aliphatic carbocycles. The standard InChI is InChI=1S/C19H14ClN5O5S/c20-16-8-7-15(11-17(16)25(27)28)31(29,30)22-14-5-3-4-13(10-14)12-24-19(26)23-9-2-1-6-18(23)21-24/h1-11,22H,12H2. The molecule has 0 spiro atoms. The van der Waals surface area contributed by atoms with E-state index in [1.54, 1.807) is 42.6 Å². The summed E-state index contributed by atoms with van der Waals surface area (Å²) in [6.07, 6.45) is 1.61. The van der Waals surface area contributed by atoms with Crippen LogP contribution < -0.4 is 10.4 Å². The van der Waals surface area contributed by atoms with Crippen molar-refractivity contribution in [1.82, 2.24) is 14.2 Å². The first kappa shape index (κ1) is 20.6. The van der Waals surface area contributed by atoms with Crippen LogP contribution in [0.2, 0.25) is 5.02 Å². The number of fused-ring (bicyclic) bond motifs is 1. The van der Waals surface area contributed by atoms with Crippen LogP contribution in [-0.2, 0) is 16.6 Å². The molecule has 2 heterocycles. The molecular weight excluding hydrogens is 446 g/mol. The average Bonchev–Trinajstić information content (AvgIpc) is 3.03. The summed E-state index contributed by atoms with van der Waals surface area (Å²) in [5.74, 6) is 0. The Labute approximate surface area is 180 Å². The molecule has 0 fully saturated rings. The first-order valence-corrected chi connectivity index (χ1v) is 10.7. The third-order valence-electron chi connectivity index (χ3n) is 4.42. The van der Waals surface area contributed by atoms with Gasteiger partial charge in [-0.1, -0.05) is 29.8 Å². The fraction of sp³-hybridized carbons (Fsp3) is 0.0526. The van der Waals surface area contributed by atoms with Crippen molar-refractivity contribution in [3.63, 3.8) is 0 Å². The molecular formula is C19H14ClN5O5S. The van der Waals surface area contributed by atoms with E-state index in [-0.39, 0.29) is 27.8 Å². The predicted octanol–water partition coefficient (Wildman–Crippen LogP) is 2.91. The summed E-state index contributed by atoms with van der Waals surface area (Å²) in [6.45, 7) is 0.127. The summed E-state index contributed by atoms with van der Waals surface area (Å²) in [6, 6.07) is 14.8. The molecule has 4 rings (SSSR count). The van der Waals surface area contributed by atoms with Crippen molar-refractivity contribution < 1.29 is 13.3 Å². The third kappa shape index (κ3) is 4.13. The lowest BCUT2D eigenvalue weighted by Gasteiger charge is -2.10. The number of aromatic nitrogens is 3. The average molecular weight is 460 g/mol. The van der Waals surface area contributed by atoms with Crippen molar-refractivity contribution >= 4 is 38.6 Å². The predicted molar refractivity (Wildman–Crippen MR) is 114 cm³/mol. The molecule has 0 atom stereocenters. The normalized spacial score (nSPS) is 11.5. The van der Waals surface area contributed by atoms with E-state index in [1.165, 1.54) is 21.2 Å². The Morgan fingerprint density at radius 1 is 1.10 bits per heavy atom. The number of benzene rings is 2. The molecule has 0 saturated carbocycles. The highest BCUT2D eigenvalue weighted by Crippen LogP contribution is 2.28. The van der Waals surface area contributed by atoms with Gasteiger partial charge in [0, 0.05) is 18.0 Å². The molecule has 0 aliphatic heterocycles. The summed E-state index contributed by atoms with van der Waals surface area (Å²) in [5, 5.41) is 15.1. The zero-order chi connectivity index (χ0) is 22.2. The van der Waals surface area contributed by atoms with Crippen LogP contribution in [0.4, 0.5) is 11.4 Å². The second kappa shape index (κ2) is 7.85. The lowest BCUT2D eigenvalue weighted by molar-refractivity contribution is -0.384. The van der Waals surface area contributed by atoms with Crippen molar-refractivity contribution in [3.8, 4) is 0 Å². The Balaban J connectivity index is 1.61. The number of nitrogens with one attached hydrogen (secondary N) is 1. The Morgan fingerprint density at radius 2 is 1.90 bits per heavy atom. The quantitative estimate of drug-likeness (QED) is 0.348. The molecule has 2 aromatic carbocycles. The van der Waals surface area contributed by atoms with Gasteiger partial charge in [-0.2, -0.15) is 0 Å². The van der Waals surface area contributed by atoms with Crippen molar-refractivity contribution in [3.05, 3.63) is 98.0 Å². The molecule has 0 aliphatic rings. The van der Waals surface area contributed by atoms with E-state index in [9.17, 15) is 23.3 Å². The molecule has 0 radical (unpaired) electrons. The van der Waals surface area contributed by atoms with Gasteiger partial charge < -0.3 is 0 Å². The maximum absolute atomic E-state index is 12.7. The summed E-state index contributed by atoms with van der Waals surface area (Å²) in [4.78, 5) is 22.4. The summed E-state index contributed by atoms with van der Waals surface area (Å²) < 4.78 is 30.4. The van der Waals surface area contributed by atoms with Gasteiger partial charge in [0.25, 0.3) is 15.7 Å². The lowest BCUT2D eigenvalue weighted by atomic mass is 10.2. The SMILES string of the molecule is O=c1n(Cc2cccc(NS(=O)(=O)c3ccc(Cl)c([N+](=O)[O-])c3)c2)nc2ccccn12. The smallest absolute Gasteiger partial charge is 0.280 e. The highest BCUT2D eigenvalue weighted by Gasteiger charge is 2.21. The van der Waals surface area contributed by atoms with E-state index in [0.29, 0.717) is 11.2 Å². The fourth-order valence-electron chi connectivity index (χ4n) is 2.99. The largest absolute Gasteiger partial charge is 0.350 e. The zero-order valence-corrected chi connectivity index (χ0v) is 17.2. The Bertz CT molecular complexity index is 1480. The number of nitro benzene ring substituents is 1. The molecule has 158 valence electrons. The summed E-state index contributed by atoms with van der Waals surface area (Å²) >= 11 is 5.75. The van der Waals surface area contributed by atoms with Crippen LogP contribution in [0.3, 0.4) is 0 Å². The number of nitrogens with zero attached hydrogens (tertiary/aromatic N) is 4. The van der Waals surface area contributed by atoms with Gasteiger partial charge in [0.05, 0.1) is 16.4 Å². The topological polar surface area (TPSA) is 129 Å². The minimum Gasteiger partial charge on any atom is -0.280 e. The van der Waals surface area contributed by atoms with Crippen molar-refractivity contribution in [2.45, 2.75) is 11.4 Å². The van der Waals surface area contributed by atoms with Gasteiger partial charge >= 0.3 is 5.69 Å². The number of nitro groups is 1. The summed E-state index contributed by atoms with van der Waals surface area (Å²) in [5.41, 5.74) is 0.521. The van der Waals surface area contributed by atoms with Crippen LogP contribution in [0.15, 0.2) is 76.6 Å². The van der Waals surface area contributed by atoms with Gasteiger partial charge in [-0.05, 0) is 42.0 Å². The zero-order valence-electron chi connectivity index (χ0n) is 15.7.